The van der Waals surface area contributed by atoms with Crippen molar-refractivity contribution in [3.63, 3.8) is 0 Å². The van der Waals surface area contributed by atoms with E-state index in [9.17, 15) is 9.59 Å². The zero-order valence-electron chi connectivity index (χ0n) is 15.0. The van der Waals surface area contributed by atoms with Crippen LogP contribution in [0.5, 0.6) is 5.75 Å². The van der Waals surface area contributed by atoms with Crippen LogP contribution in [0, 0.1) is 20.8 Å². The van der Waals surface area contributed by atoms with Gasteiger partial charge in [-0.15, -0.1) is 0 Å². The standard InChI is InChI=1S/C19H23NO5/c1-5-23-19(22)17-13(3)16(14(4)20-17)18(21)25-11-10-24-15-8-6-12(2)7-9-15/h6-9,20H,5,10-11H2,1-4H3. The molecule has 1 N–H and O–H groups in total. The molecule has 0 aliphatic carbocycles. The molecule has 0 aliphatic rings. The van der Waals surface area contributed by atoms with Crippen molar-refractivity contribution in [1.29, 1.82) is 0 Å². The second-order valence-electron chi connectivity index (χ2n) is 5.64. The summed E-state index contributed by atoms with van der Waals surface area (Å²) in [5, 5.41) is 0. The van der Waals surface area contributed by atoms with Crippen LogP contribution in [0.3, 0.4) is 0 Å². The molecule has 0 aliphatic heterocycles. The van der Waals surface area contributed by atoms with Crippen LogP contribution in [-0.4, -0.2) is 36.7 Å². The van der Waals surface area contributed by atoms with Gasteiger partial charge in [0, 0.05) is 5.69 Å². The van der Waals surface area contributed by atoms with E-state index in [1.165, 1.54) is 0 Å². The van der Waals surface area contributed by atoms with Crippen molar-refractivity contribution >= 4 is 11.9 Å². The number of nitrogens with one attached hydrogen (secondary N) is 1. The summed E-state index contributed by atoms with van der Waals surface area (Å²) in [5.41, 5.74) is 2.89. The molecule has 0 unspecified atom stereocenters. The van der Waals surface area contributed by atoms with E-state index in [1.807, 2.05) is 31.2 Å². The second-order valence-corrected chi connectivity index (χ2v) is 5.64. The average Bonchev–Trinajstić information content (AvgIpc) is 2.88. The number of benzene rings is 1. The molecule has 1 heterocycles. The summed E-state index contributed by atoms with van der Waals surface area (Å²) in [6.07, 6.45) is 0. The minimum Gasteiger partial charge on any atom is -0.490 e. The van der Waals surface area contributed by atoms with Crippen LogP contribution in [0.25, 0.3) is 0 Å². The number of aromatic nitrogens is 1. The maximum Gasteiger partial charge on any atom is 0.355 e. The summed E-state index contributed by atoms with van der Waals surface area (Å²) in [6, 6.07) is 7.63. The Morgan fingerprint density at radius 3 is 2.28 bits per heavy atom. The minimum atomic E-state index is -0.491. The minimum absolute atomic E-state index is 0.117. The maximum absolute atomic E-state index is 12.3. The quantitative estimate of drug-likeness (QED) is 0.615. The first-order valence-electron chi connectivity index (χ1n) is 8.17. The highest BCUT2D eigenvalue weighted by Crippen LogP contribution is 2.20. The Morgan fingerprint density at radius 1 is 0.960 bits per heavy atom. The van der Waals surface area contributed by atoms with E-state index in [2.05, 4.69) is 4.98 Å². The molecule has 2 aromatic rings. The topological polar surface area (TPSA) is 77.6 Å². The Morgan fingerprint density at radius 2 is 1.64 bits per heavy atom. The molecule has 2 rings (SSSR count). The van der Waals surface area contributed by atoms with Gasteiger partial charge in [0.05, 0.1) is 12.2 Å². The van der Waals surface area contributed by atoms with Crippen LogP contribution in [0.4, 0.5) is 0 Å². The molecule has 0 saturated carbocycles. The van der Waals surface area contributed by atoms with Crippen molar-refractivity contribution in [2.45, 2.75) is 27.7 Å². The first-order chi connectivity index (χ1) is 11.9. The van der Waals surface area contributed by atoms with Crippen LogP contribution in [0.1, 0.15) is 44.6 Å². The van der Waals surface area contributed by atoms with Gasteiger partial charge in [-0.1, -0.05) is 17.7 Å². The smallest absolute Gasteiger partial charge is 0.355 e. The lowest BCUT2D eigenvalue weighted by Gasteiger charge is -2.08. The number of aromatic amines is 1. The summed E-state index contributed by atoms with van der Waals surface area (Å²) < 4.78 is 15.7. The van der Waals surface area contributed by atoms with Gasteiger partial charge in [-0.25, -0.2) is 9.59 Å². The molecule has 6 heteroatoms. The van der Waals surface area contributed by atoms with Crippen molar-refractivity contribution in [2.75, 3.05) is 19.8 Å². The predicted octanol–water partition coefficient (Wildman–Crippen LogP) is 3.35. The van der Waals surface area contributed by atoms with Crippen LogP contribution in [0.15, 0.2) is 24.3 Å². The van der Waals surface area contributed by atoms with E-state index in [-0.39, 0.29) is 25.5 Å². The highest BCUT2D eigenvalue weighted by molar-refractivity contribution is 5.98. The fourth-order valence-corrected chi connectivity index (χ4v) is 2.46. The molecule has 0 radical (unpaired) electrons. The number of ether oxygens (including phenoxy) is 3. The van der Waals surface area contributed by atoms with Gasteiger partial charge in [0.2, 0.25) is 0 Å². The Kier molecular flexibility index (Phi) is 6.22. The fourth-order valence-electron chi connectivity index (χ4n) is 2.46. The summed E-state index contributed by atoms with van der Waals surface area (Å²) in [5.74, 6) is -0.251. The normalized spacial score (nSPS) is 10.4. The third-order valence-electron chi connectivity index (χ3n) is 3.73. The molecule has 1 aromatic carbocycles. The van der Waals surface area contributed by atoms with Crippen LogP contribution >= 0.6 is 0 Å². The van der Waals surface area contributed by atoms with Gasteiger partial charge in [0.25, 0.3) is 0 Å². The molecule has 25 heavy (non-hydrogen) atoms. The van der Waals surface area contributed by atoms with Crippen LogP contribution in [-0.2, 0) is 9.47 Å². The third-order valence-corrected chi connectivity index (χ3v) is 3.73. The molecule has 0 fully saturated rings. The van der Waals surface area contributed by atoms with E-state index in [4.69, 9.17) is 14.2 Å². The summed E-state index contributed by atoms with van der Waals surface area (Å²) >= 11 is 0. The predicted molar refractivity (Wildman–Crippen MR) is 93.2 cm³/mol. The van der Waals surface area contributed by atoms with Gasteiger partial charge in [-0.2, -0.15) is 0 Å². The number of esters is 2. The van der Waals surface area contributed by atoms with E-state index in [0.717, 1.165) is 11.3 Å². The molecule has 1 aromatic heterocycles. The van der Waals surface area contributed by atoms with Crippen molar-refractivity contribution < 1.29 is 23.8 Å². The zero-order valence-corrected chi connectivity index (χ0v) is 15.0. The van der Waals surface area contributed by atoms with Crippen molar-refractivity contribution in [3.8, 4) is 5.75 Å². The monoisotopic (exact) mass is 345 g/mol. The number of carbonyl (C=O) groups excluding carboxylic acids is 2. The van der Waals surface area contributed by atoms with Crippen molar-refractivity contribution in [1.82, 2.24) is 4.98 Å². The van der Waals surface area contributed by atoms with Gasteiger partial charge >= 0.3 is 11.9 Å². The van der Waals surface area contributed by atoms with Crippen molar-refractivity contribution in [3.05, 3.63) is 52.3 Å². The van der Waals surface area contributed by atoms with Gasteiger partial charge in [-0.05, 0) is 45.4 Å². The van der Waals surface area contributed by atoms with E-state index in [1.54, 1.807) is 20.8 Å². The van der Waals surface area contributed by atoms with Crippen molar-refractivity contribution in [2.24, 2.45) is 0 Å². The fraction of sp³-hybridized carbons (Fsp3) is 0.368. The number of aryl methyl sites for hydroxylation is 2. The zero-order chi connectivity index (χ0) is 18.4. The SMILES string of the molecule is CCOC(=O)c1[nH]c(C)c(C(=O)OCCOc2ccc(C)cc2)c1C. The molecule has 0 amide bonds. The molecular weight excluding hydrogens is 322 g/mol. The second kappa shape index (κ2) is 8.37. The molecule has 6 nitrogen and oxygen atoms in total. The van der Waals surface area contributed by atoms with Crippen LogP contribution in [0.2, 0.25) is 0 Å². The van der Waals surface area contributed by atoms with Gasteiger partial charge in [-0.3, -0.25) is 0 Å². The van der Waals surface area contributed by atoms with Crippen LogP contribution < -0.4 is 4.74 Å². The first kappa shape index (κ1) is 18.6. The summed E-state index contributed by atoms with van der Waals surface area (Å²) in [7, 11) is 0. The summed E-state index contributed by atoms with van der Waals surface area (Å²) in [6.45, 7) is 7.77. The molecule has 0 atom stereocenters. The van der Waals surface area contributed by atoms with Gasteiger partial charge < -0.3 is 19.2 Å². The number of carbonyl (C=O) groups is 2. The van der Waals surface area contributed by atoms with Gasteiger partial charge in [0.15, 0.2) is 0 Å². The lowest BCUT2D eigenvalue weighted by molar-refractivity contribution is 0.0449. The first-order valence-corrected chi connectivity index (χ1v) is 8.17. The van der Waals surface area contributed by atoms with E-state index < -0.39 is 11.9 Å². The van der Waals surface area contributed by atoms with E-state index in [0.29, 0.717) is 16.8 Å². The molecule has 134 valence electrons. The Labute approximate surface area is 147 Å². The largest absolute Gasteiger partial charge is 0.490 e. The number of H-pyrrole nitrogens is 1. The lowest BCUT2D eigenvalue weighted by atomic mass is 10.1. The third kappa shape index (κ3) is 4.62. The molecule has 0 bridgehead atoms. The highest BCUT2D eigenvalue weighted by atomic mass is 16.6. The van der Waals surface area contributed by atoms with E-state index >= 15 is 0 Å². The Balaban J connectivity index is 1.92. The molecule has 0 spiro atoms. The van der Waals surface area contributed by atoms with Gasteiger partial charge in [0.1, 0.15) is 24.7 Å². The molecule has 0 saturated heterocycles. The lowest BCUT2D eigenvalue weighted by Crippen LogP contribution is -2.14. The summed E-state index contributed by atoms with van der Waals surface area (Å²) in [4.78, 5) is 27.0. The average molecular weight is 345 g/mol. The Hall–Kier alpha value is -2.76. The molecular formula is C19H23NO5. The number of hydrogen-bond donors (Lipinski definition) is 1. The maximum atomic E-state index is 12.3. The Bertz CT molecular complexity index is 746. The number of hydrogen-bond acceptors (Lipinski definition) is 5. The highest BCUT2D eigenvalue weighted by Gasteiger charge is 2.23. The number of rotatable bonds is 7.